The molecule has 28 heavy (non-hydrogen) atoms. The van der Waals surface area contributed by atoms with Gasteiger partial charge in [0.05, 0.1) is 22.6 Å². The molecule has 3 rings (SSSR count). The van der Waals surface area contributed by atoms with E-state index in [0.717, 1.165) is 5.56 Å². The number of halogens is 1. The van der Waals surface area contributed by atoms with Gasteiger partial charge in [0, 0.05) is 10.6 Å². The summed E-state index contributed by atoms with van der Waals surface area (Å²) >= 11 is 6.06. The first kappa shape index (κ1) is 19.3. The van der Waals surface area contributed by atoms with Crippen LogP contribution in [0.15, 0.2) is 77.0 Å². The van der Waals surface area contributed by atoms with Gasteiger partial charge in [0.2, 0.25) is 0 Å². The fourth-order valence-electron chi connectivity index (χ4n) is 2.42. The van der Waals surface area contributed by atoms with E-state index in [1.807, 2.05) is 13.0 Å². The van der Waals surface area contributed by atoms with Crippen molar-refractivity contribution in [2.75, 3.05) is 5.32 Å². The molecule has 0 aliphatic carbocycles. The zero-order valence-corrected chi connectivity index (χ0v) is 15.6. The molecule has 0 radical (unpaired) electrons. The number of carboxylic acids is 1. The molecule has 0 saturated heterocycles. The highest BCUT2D eigenvalue weighted by atomic mass is 35.5. The van der Waals surface area contributed by atoms with Crippen LogP contribution in [0.5, 0.6) is 0 Å². The maximum absolute atomic E-state index is 12.3. The minimum absolute atomic E-state index is 0.0809. The van der Waals surface area contributed by atoms with Gasteiger partial charge in [-0.2, -0.15) is 10.2 Å². The monoisotopic (exact) mass is 393 g/mol. The average Bonchev–Trinajstić information content (AvgIpc) is 2.70. The minimum atomic E-state index is -1.18. The number of carbonyl (C=O) groups is 2. The lowest BCUT2D eigenvalue weighted by Gasteiger charge is -2.09. The van der Waals surface area contributed by atoms with Gasteiger partial charge in [-0.25, -0.2) is 4.79 Å². The standard InChI is InChI=1S/C21H16ClN3O3/c1-13-7-8-16(12-18(13)22)25-24-15-9-10-19(17(11-15)21(27)28)23-20(26)14-5-3-2-4-6-14/h2-12H,1H3,(H,23,26)(H,27,28). The van der Waals surface area contributed by atoms with Crippen molar-refractivity contribution in [3.63, 3.8) is 0 Å². The Morgan fingerprint density at radius 2 is 1.57 bits per heavy atom. The lowest BCUT2D eigenvalue weighted by Crippen LogP contribution is -2.14. The van der Waals surface area contributed by atoms with Gasteiger partial charge in [0.15, 0.2) is 0 Å². The quantitative estimate of drug-likeness (QED) is 0.519. The largest absolute Gasteiger partial charge is 0.478 e. The number of azo groups is 1. The summed E-state index contributed by atoms with van der Waals surface area (Å²) in [6.07, 6.45) is 0. The second-order valence-corrected chi connectivity index (χ2v) is 6.40. The first-order chi connectivity index (χ1) is 13.4. The average molecular weight is 394 g/mol. The molecule has 1 amide bonds. The van der Waals surface area contributed by atoms with E-state index in [0.29, 0.717) is 22.0 Å². The third-order valence-corrected chi connectivity index (χ3v) is 4.36. The highest BCUT2D eigenvalue weighted by molar-refractivity contribution is 6.31. The van der Waals surface area contributed by atoms with E-state index in [1.165, 1.54) is 12.1 Å². The van der Waals surface area contributed by atoms with Crippen molar-refractivity contribution in [1.29, 1.82) is 0 Å². The molecule has 0 spiro atoms. The van der Waals surface area contributed by atoms with Crippen LogP contribution in [0.25, 0.3) is 0 Å². The lowest BCUT2D eigenvalue weighted by atomic mass is 10.1. The summed E-state index contributed by atoms with van der Waals surface area (Å²) in [7, 11) is 0. The van der Waals surface area contributed by atoms with E-state index in [9.17, 15) is 14.7 Å². The number of nitrogens with zero attached hydrogens (tertiary/aromatic N) is 2. The Balaban J connectivity index is 1.84. The summed E-state index contributed by atoms with van der Waals surface area (Å²) in [4.78, 5) is 23.9. The zero-order valence-electron chi connectivity index (χ0n) is 14.9. The number of hydrogen-bond donors (Lipinski definition) is 2. The highest BCUT2D eigenvalue weighted by Crippen LogP contribution is 2.27. The number of carbonyl (C=O) groups excluding carboxylic acids is 1. The number of hydrogen-bond acceptors (Lipinski definition) is 4. The summed E-state index contributed by atoms with van der Waals surface area (Å²) in [5.41, 5.74) is 2.34. The van der Waals surface area contributed by atoms with Gasteiger partial charge >= 0.3 is 5.97 Å². The molecule has 0 heterocycles. The van der Waals surface area contributed by atoms with Crippen LogP contribution in [-0.2, 0) is 0 Å². The summed E-state index contributed by atoms with van der Waals surface area (Å²) < 4.78 is 0. The maximum Gasteiger partial charge on any atom is 0.337 e. The molecular weight excluding hydrogens is 378 g/mol. The molecule has 7 heteroatoms. The Kier molecular flexibility index (Phi) is 5.81. The predicted molar refractivity (Wildman–Crippen MR) is 108 cm³/mol. The highest BCUT2D eigenvalue weighted by Gasteiger charge is 2.14. The van der Waals surface area contributed by atoms with Gasteiger partial charge < -0.3 is 10.4 Å². The number of benzene rings is 3. The number of amides is 1. The fourth-order valence-corrected chi connectivity index (χ4v) is 2.60. The van der Waals surface area contributed by atoms with Gasteiger partial charge in [-0.15, -0.1) is 0 Å². The summed E-state index contributed by atoms with van der Waals surface area (Å²) in [6, 6.07) is 18.2. The van der Waals surface area contributed by atoms with Crippen LogP contribution >= 0.6 is 11.6 Å². The Hall–Kier alpha value is -3.51. The normalized spacial score (nSPS) is 10.8. The second kappa shape index (κ2) is 8.45. The molecule has 0 aliphatic rings. The third kappa shape index (κ3) is 4.61. The molecule has 0 bridgehead atoms. The van der Waals surface area contributed by atoms with Crippen molar-refractivity contribution in [3.8, 4) is 0 Å². The van der Waals surface area contributed by atoms with Crippen molar-refractivity contribution < 1.29 is 14.7 Å². The smallest absolute Gasteiger partial charge is 0.337 e. The van der Waals surface area contributed by atoms with Crippen LogP contribution in [0.3, 0.4) is 0 Å². The number of nitrogens with one attached hydrogen (secondary N) is 1. The summed E-state index contributed by atoms with van der Waals surface area (Å²) in [6.45, 7) is 1.88. The molecule has 0 unspecified atom stereocenters. The first-order valence-corrected chi connectivity index (χ1v) is 8.73. The van der Waals surface area contributed by atoms with E-state index in [2.05, 4.69) is 15.5 Å². The number of aromatic carboxylic acids is 1. The van der Waals surface area contributed by atoms with Crippen molar-refractivity contribution >= 4 is 40.5 Å². The van der Waals surface area contributed by atoms with Crippen LogP contribution < -0.4 is 5.32 Å². The molecule has 0 fully saturated rings. The van der Waals surface area contributed by atoms with E-state index >= 15 is 0 Å². The van der Waals surface area contributed by atoms with E-state index in [-0.39, 0.29) is 11.3 Å². The van der Waals surface area contributed by atoms with Gasteiger partial charge in [0.25, 0.3) is 5.91 Å². The SMILES string of the molecule is Cc1ccc(N=Nc2ccc(NC(=O)c3ccccc3)c(C(=O)O)c2)cc1Cl. The number of rotatable bonds is 5. The number of aryl methyl sites for hydroxylation is 1. The van der Waals surface area contributed by atoms with Gasteiger partial charge in [-0.1, -0.05) is 35.9 Å². The Morgan fingerprint density at radius 3 is 2.21 bits per heavy atom. The lowest BCUT2D eigenvalue weighted by molar-refractivity contribution is 0.0698. The predicted octanol–water partition coefficient (Wildman–Crippen LogP) is 6.01. The molecule has 0 aromatic heterocycles. The topological polar surface area (TPSA) is 91.1 Å². The molecule has 0 atom stereocenters. The molecule has 0 aliphatic heterocycles. The maximum atomic E-state index is 12.3. The molecule has 140 valence electrons. The molecule has 0 saturated carbocycles. The number of carboxylic acid groups (broad SMARTS) is 1. The number of anilines is 1. The Morgan fingerprint density at radius 1 is 0.929 bits per heavy atom. The summed E-state index contributed by atoms with van der Waals surface area (Å²) in [5, 5.41) is 20.8. The Labute approximate surface area is 166 Å². The van der Waals surface area contributed by atoms with Crippen molar-refractivity contribution in [2.45, 2.75) is 6.92 Å². The van der Waals surface area contributed by atoms with Crippen LogP contribution in [0.4, 0.5) is 17.1 Å². The molecule has 3 aromatic rings. The van der Waals surface area contributed by atoms with Crippen molar-refractivity contribution in [2.24, 2.45) is 10.2 Å². The van der Waals surface area contributed by atoms with Crippen LogP contribution in [0, 0.1) is 6.92 Å². The fraction of sp³-hybridized carbons (Fsp3) is 0.0476. The molecular formula is C21H16ClN3O3. The summed E-state index contributed by atoms with van der Waals surface area (Å²) in [5.74, 6) is -1.58. The first-order valence-electron chi connectivity index (χ1n) is 8.35. The zero-order chi connectivity index (χ0) is 20.1. The van der Waals surface area contributed by atoms with Crippen LogP contribution in [0.1, 0.15) is 26.3 Å². The van der Waals surface area contributed by atoms with E-state index < -0.39 is 11.9 Å². The van der Waals surface area contributed by atoms with Crippen molar-refractivity contribution in [1.82, 2.24) is 0 Å². The van der Waals surface area contributed by atoms with Gasteiger partial charge in [0.1, 0.15) is 0 Å². The molecule has 6 nitrogen and oxygen atoms in total. The molecule has 3 aromatic carbocycles. The minimum Gasteiger partial charge on any atom is -0.478 e. The van der Waals surface area contributed by atoms with Gasteiger partial charge in [-0.05, 0) is 55.0 Å². The third-order valence-electron chi connectivity index (χ3n) is 3.95. The van der Waals surface area contributed by atoms with E-state index in [4.69, 9.17) is 11.6 Å². The van der Waals surface area contributed by atoms with Crippen LogP contribution in [0.2, 0.25) is 5.02 Å². The molecule has 2 N–H and O–H groups in total. The van der Waals surface area contributed by atoms with Crippen molar-refractivity contribution in [3.05, 3.63) is 88.4 Å². The van der Waals surface area contributed by atoms with Gasteiger partial charge in [-0.3, -0.25) is 4.79 Å². The van der Waals surface area contributed by atoms with Crippen LogP contribution in [-0.4, -0.2) is 17.0 Å². The second-order valence-electron chi connectivity index (χ2n) is 5.99. The van der Waals surface area contributed by atoms with E-state index in [1.54, 1.807) is 48.5 Å². The Bertz CT molecular complexity index is 1070.